The average Bonchev–Trinajstić information content (AvgIpc) is 2.61. The molecule has 108 valence electrons. The van der Waals surface area contributed by atoms with E-state index in [4.69, 9.17) is 4.74 Å². The van der Waals surface area contributed by atoms with Crippen LogP contribution in [0.4, 0.5) is 0 Å². The number of carbonyl (C=O) groups excluding carboxylic acids is 1. The molecule has 3 aromatic carbocycles. The van der Waals surface area contributed by atoms with Crippen LogP contribution in [0, 0.1) is 0 Å². The van der Waals surface area contributed by atoms with Gasteiger partial charge in [-0.1, -0.05) is 72.8 Å². The van der Waals surface area contributed by atoms with Crippen LogP contribution in [0.2, 0.25) is 0 Å². The van der Waals surface area contributed by atoms with Crippen molar-refractivity contribution in [3.63, 3.8) is 0 Å². The lowest BCUT2D eigenvalue weighted by Gasteiger charge is -2.07. The third-order valence-electron chi connectivity index (χ3n) is 3.40. The second-order valence-electron chi connectivity index (χ2n) is 4.99. The Kier molecular flexibility index (Phi) is 4.30. The fourth-order valence-corrected chi connectivity index (χ4v) is 2.19. The Labute approximate surface area is 130 Å². The van der Waals surface area contributed by atoms with Gasteiger partial charge in [0, 0.05) is 11.1 Å². The lowest BCUT2D eigenvalue weighted by Crippen LogP contribution is -2.02. The third kappa shape index (κ3) is 3.41. The zero-order valence-corrected chi connectivity index (χ0v) is 12.1. The number of rotatable bonds is 5. The first-order valence-electron chi connectivity index (χ1n) is 7.19. The molecular formula is C20H16O2. The van der Waals surface area contributed by atoms with Crippen LogP contribution in [0.5, 0.6) is 5.75 Å². The van der Waals surface area contributed by atoms with Crippen LogP contribution in [0.25, 0.3) is 0 Å². The summed E-state index contributed by atoms with van der Waals surface area (Å²) in [7, 11) is 0. The van der Waals surface area contributed by atoms with E-state index < -0.39 is 0 Å². The standard InChI is InChI=1S/C20H16O2/c21-20(17-7-3-1-4-8-17)18-13-11-16(12-14-18)15-22-19-9-5-2-6-10-19/h1-14H,15H2. The summed E-state index contributed by atoms with van der Waals surface area (Å²) in [5, 5.41) is 0. The summed E-state index contributed by atoms with van der Waals surface area (Å²) in [5.74, 6) is 0.878. The van der Waals surface area contributed by atoms with E-state index >= 15 is 0 Å². The molecule has 0 aliphatic rings. The summed E-state index contributed by atoms with van der Waals surface area (Å²) >= 11 is 0. The molecule has 0 atom stereocenters. The van der Waals surface area contributed by atoms with Crippen molar-refractivity contribution >= 4 is 5.78 Å². The second kappa shape index (κ2) is 6.72. The van der Waals surface area contributed by atoms with E-state index in [-0.39, 0.29) is 5.78 Å². The van der Waals surface area contributed by atoms with Gasteiger partial charge in [0.15, 0.2) is 5.78 Å². The van der Waals surface area contributed by atoms with E-state index in [0.717, 1.165) is 11.3 Å². The molecule has 22 heavy (non-hydrogen) atoms. The van der Waals surface area contributed by atoms with Gasteiger partial charge in [0.1, 0.15) is 12.4 Å². The minimum absolute atomic E-state index is 0.0381. The number of carbonyl (C=O) groups is 1. The molecule has 0 radical (unpaired) electrons. The minimum Gasteiger partial charge on any atom is -0.489 e. The zero-order valence-electron chi connectivity index (χ0n) is 12.1. The van der Waals surface area contributed by atoms with E-state index in [1.165, 1.54) is 0 Å². The normalized spacial score (nSPS) is 10.2. The smallest absolute Gasteiger partial charge is 0.193 e. The van der Waals surface area contributed by atoms with Gasteiger partial charge in [-0.2, -0.15) is 0 Å². The maximum absolute atomic E-state index is 12.3. The van der Waals surface area contributed by atoms with E-state index in [1.807, 2.05) is 84.9 Å². The maximum Gasteiger partial charge on any atom is 0.193 e. The second-order valence-corrected chi connectivity index (χ2v) is 4.99. The highest BCUT2D eigenvalue weighted by Crippen LogP contribution is 2.14. The molecule has 0 heterocycles. The van der Waals surface area contributed by atoms with Crippen LogP contribution in [-0.4, -0.2) is 5.78 Å². The number of ether oxygens (including phenoxy) is 1. The van der Waals surface area contributed by atoms with Crippen LogP contribution in [0.3, 0.4) is 0 Å². The molecule has 2 heteroatoms. The summed E-state index contributed by atoms with van der Waals surface area (Å²) in [4.78, 5) is 12.3. The van der Waals surface area contributed by atoms with Gasteiger partial charge in [-0.15, -0.1) is 0 Å². The molecule has 0 bridgehead atoms. The van der Waals surface area contributed by atoms with Crippen molar-refractivity contribution < 1.29 is 9.53 Å². The Bertz CT molecular complexity index is 732. The van der Waals surface area contributed by atoms with Gasteiger partial charge < -0.3 is 4.74 Å². The number of hydrogen-bond acceptors (Lipinski definition) is 2. The van der Waals surface area contributed by atoms with Gasteiger partial charge >= 0.3 is 0 Å². The number of hydrogen-bond donors (Lipinski definition) is 0. The molecule has 0 aromatic heterocycles. The lowest BCUT2D eigenvalue weighted by molar-refractivity contribution is 0.103. The molecule has 0 aliphatic carbocycles. The van der Waals surface area contributed by atoms with Gasteiger partial charge in [0.2, 0.25) is 0 Å². The zero-order chi connectivity index (χ0) is 15.2. The summed E-state index contributed by atoms with van der Waals surface area (Å²) < 4.78 is 5.69. The SMILES string of the molecule is O=C(c1ccccc1)c1ccc(COc2ccccc2)cc1. The predicted molar refractivity (Wildman–Crippen MR) is 87.1 cm³/mol. The highest BCUT2D eigenvalue weighted by molar-refractivity contribution is 6.08. The first kappa shape index (κ1) is 14.1. The Morgan fingerprint density at radius 3 is 1.86 bits per heavy atom. The fourth-order valence-electron chi connectivity index (χ4n) is 2.19. The highest BCUT2D eigenvalue weighted by Gasteiger charge is 2.08. The van der Waals surface area contributed by atoms with Gasteiger partial charge in [-0.25, -0.2) is 0 Å². The van der Waals surface area contributed by atoms with E-state index in [2.05, 4.69) is 0 Å². The minimum atomic E-state index is 0.0381. The van der Waals surface area contributed by atoms with Gasteiger partial charge in [0.25, 0.3) is 0 Å². The van der Waals surface area contributed by atoms with Crippen LogP contribution >= 0.6 is 0 Å². The molecule has 3 aromatic rings. The van der Waals surface area contributed by atoms with E-state index in [1.54, 1.807) is 0 Å². The van der Waals surface area contributed by atoms with Crippen molar-refractivity contribution in [1.29, 1.82) is 0 Å². The summed E-state index contributed by atoms with van der Waals surface area (Å²) in [6, 6.07) is 26.5. The van der Waals surface area contributed by atoms with Crippen LogP contribution in [-0.2, 0) is 6.61 Å². The molecule has 0 N–H and O–H groups in total. The van der Waals surface area contributed by atoms with Crippen molar-refractivity contribution in [2.75, 3.05) is 0 Å². The van der Waals surface area contributed by atoms with Gasteiger partial charge in [-0.05, 0) is 17.7 Å². The maximum atomic E-state index is 12.3. The molecular weight excluding hydrogens is 272 g/mol. The first-order chi connectivity index (χ1) is 10.8. The van der Waals surface area contributed by atoms with E-state index in [0.29, 0.717) is 17.7 Å². The van der Waals surface area contributed by atoms with Crippen LogP contribution < -0.4 is 4.74 Å². The molecule has 0 saturated heterocycles. The van der Waals surface area contributed by atoms with Gasteiger partial charge in [0.05, 0.1) is 0 Å². The molecule has 0 aliphatic heterocycles. The molecule has 0 unspecified atom stereocenters. The van der Waals surface area contributed by atoms with Crippen LogP contribution in [0.15, 0.2) is 84.9 Å². The molecule has 2 nitrogen and oxygen atoms in total. The first-order valence-corrected chi connectivity index (χ1v) is 7.19. The topological polar surface area (TPSA) is 26.3 Å². The van der Waals surface area contributed by atoms with Crippen molar-refractivity contribution in [2.45, 2.75) is 6.61 Å². The van der Waals surface area contributed by atoms with Crippen molar-refractivity contribution in [3.8, 4) is 5.75 Å². The lowest BCUT2D eigenvalue weighted by atomic mass is 10.0. The molecule has 0 saturated carbocycles. The largest absolute Gasteiger partial charge is 0.489 e. The molecule has 3 rings (SSSR count). The number of ketones is 1. The number of para-hydroxylation sites is 1. The predicted octanol–water partition coefficient (Wildman–Crippen LogP) is 4.50. The third-order valence-corrected chi connectivity index (χ3v) is 3.40. The summed E-state index contributed by atoms with van der Waals surface area (Å²) in [6.45, 7) is 0.490. The molecule has 0 spiro atoms. The van der Waals surface area contributed by atoms with Crippen molar-refractivity contribution in [1.82, 2.24) is 0 Å². The monoisotopic (exact) mass is 288 g/mol. The Morgan fingerprint density at radius 2 is 1.23 bits per heavy atom. The fraction of sp³-hybridized carbons (Fsp3) is 0.0500. The molecule has 0 fully saturated rings. The average molecular weight is 288 g/mol. The van der Waals surface area contributed by atoms with Gasteiger partial charge in [-0.3, -0.25) is 4.79 Å². The Balaban J connectivity index is 1.67. The van der Waals surface area contributed by atoms with Crippen LogP contribution in [0.1, 0.15) is 21.5 Å². The van der Waals surface area contributed by atoms with Crippen molar-refractivity contribution in [3.05, 3.63) is 102 Å². The van der Waals surface area contributed by atoms with E-state index in [9.17, 15) is 4.79 Å². The highest BCUT2D eigenvalue weighted by atomic mass is 16.5. The summed E-state index contributed by atoms with van der Waals surface area (Å²) in [5.41, 5.74) is 2.43. The number of benzene rings is 3. The quantitative estimate of drug-likeness (QED) is 0.646. The van der Waals surface area contributed by atoms with Crippen molar-refractivity contribution in [2.24, 2.45) is 0 Å². The Hall–Kier alpha value is -2.87. The Morgan fingerprint density at radius 1 is 0.682 bits per heavy atom. The molecule has 0 amide bonds. The summed E-state index contributed by atoms with van der Waals surface area (Å²) in [6.07, 6.45) is 0.